The van der Waals surface area contributed by atoms with Gasteiger partial charge in [-0.1, -0.05) is 12.1 Å². The van der Waals surface area contributed by atoms with Crippen LogP contribution < -0.4 is 16.9 Å². The zero-order valence-electron chi connectivity index (χ0n) is 10.8. The Morgan fingerprint density at radius 3 is 2.58 bits per heavy atom. The third kappa shape index (κ3) is 1.41. The Bertz CT molecular complexity index is 835. The summed E-state index contributed by atoms with van der Waals surface area (Å²) in [4.78, 5) is 16.6. The number of aryl methyl sites for hydroxylation is 1. The summed E-state index contributed by atoms with van der Waals surface area (Å²) < 4.78 is 1.93. The highest BCUT2D eigenvalue weighted by Gasteiger charge is 2.21. The van der Waals surface area contributed by atoms with E-state index in [2.05, 4.69) is 4.98 Å². The second-order valence-corrected chi connectivity index (χ2v) is 4.64. The highest BCUT2D eigenvalue weighted by molar-refractivity contribution is 5.86. The van der Waals surface area contributed by atoms with Crippen molar-refractivity contribution in [3.63, 3.8) is 0 Å². The molecular formula is C14H14N4O. The van der Waals surface area contributed by atoms with Crippen LogP contribution in [-0.2, 0) is 7.05 Å². The van der Waals surface area contributed by atoms with E-state index in [1.54, 1.807) is 0 Å². The van der Waals surface area contributed by atoms with Crippen molar-refractivity contribution in [1.29, 1.82) is 0 Å². The third-order valence-corrected chi connectivity index (χ3v) is 3.54. The Kier molecular flexibility index (Phi) is 2.25. The molecule has 0 radical (unpaired) electrons. The van der Waals surface area contributed by atoms with Gasteiger partial charge in [-0.25, -0.2) is 4.98 Å². The molecule has 0 amide bonds. The average Bonchev–Trinajstić information content (AvgIpc) is 2.43. The molecule has 0 bridgehead atoms. The molecule has 19 heavy (non-hydrogen) atoms. The average molecular weight is 254 g/mol. The van der Waals surface area contributed by atoms with Gasteiger partial charge in [0.1, 0.15) is 11.4 Å². The van der Waals surface area contributed by atoms with Crippen molar-refractivity contribution < 1.29 is 0 Å². The Labute approximate surface area is 109 Å². The fourth-order valence-corrected chi connectivity index (χ4v) is 2.46. The molecule has 0 unspecified atom stereocenters. The lowest BCUT2D eigenvalue weighted by Crippen LogP contribution is -2.20. The van der Waals surface area contributed by atoms with Gasteiger partial charge in [0.05, 0.1) is 22.4 Å². The maximum Gasteiger partial charge on any atom is 0.231 e. The van der Waals surface area contributed by atoms with Crippen LogP contribution in [0.15, 0.2) is 29.1 Å². The number of hydrogen-bond acceptors (Lipinski definition) is 4. The maximum atomic E-state index is 12.2. The molecule has 0 saturated heterocycles. The molecule has 2 aliphatic rings. The number of nitrogen functional groups attached to an aromatic ring is 2. The van der Waals surface area contributed by atoms with Crippen LogP contribution in [0.5, 0.6) is 0 Å². The first-order valence-electron chi connectivity index (χ1n) is 5.95. The van der Waals surface area contributed by atoms with Gasteiger partial charge in [0.25, 0.3) is 0 Å². The van der Waals surface area contributed by atoms with Crippen molar-refractivity contribution in [1.82, 2.24) is 9.55 Å². The number of hydrogen-bond donors (Lipinski definition) is 2. The van der Waals surface area contributed by atoms with Crippen LogP contribution in [0.25, 0.3) is 22.4 Å². The first-order valence-corrected chi connectivity index (χ1v) is 5.95. The molecule has 0 aromatic heterocycles. The van der Waals surface area contributed by atoms with E-state index in [0.717, 1.165) is 22.3 Å². The fourth-order valence-electron chi connectivity index (χ4n) is 2.46. The monoisotopic (exact) mass is 254 g/mol. The summed E-state index contributed by atoms with van der Waals surface area (Å²) in [6.45, 7) is 1.85. The van der Waals surface area contributed by atoms with Gasteiger partial charge in [0.2, 0.25) is 5.43 Å². The highest BCUT2D eigenvalue weighted by atomic mass is 16.1. The molecule has 3 rings (SSSR count). The number of fused-ring (bicyclic) bond motifs is 2. The highest BCUT2D eigenvalue weighted by Crippen LogP contribution is 2.30. The molecule has 5 nitrogen and oxygen atoms in total. The van der Waals surface area contributed by atoms with E-state index < -0.39 is 0 Å². The molecule has 0 saturated carbocycles. The molecule has 1 aromatic carbocycles. The molecule has 1 aliphatic heterocycles. The van der Waals surface area contributed by atoms with E-state index in [9.17, 15) is 4.79 Å². The van der Waals surface area contributed by atoms with Crippen LogP contribution in [0.3, 0.4) is 0 Å². The van der Waals surface area contributed by atoms with Crippen LogP contribution in [0.4, 0.5) is 11.4 Å². The normalized spacial score (nSPS) is 11.3. The SMILES string of the molecule is Cc1c(N)c(N)c(=O)c2nc3ccccc3n(C)c1-2. The van der Waals surface area contributed by atoms with E-state index in [0.29, 0.717) is 11.4 Å². The second-order valence-electron chi connectivity index (χ2n) is 4.64. The van der Waals surface area contributed by atoms with Crippen LogP contribution in [0, 0.1) is 6.92 Å². The largest absolute Gasteiger partial charge is 0.397 e. The quantitative estimate of drug-likeness (QED) is 0.470. The van der Waals surface area contributed by atoms with Crippen molar-refractivity contribution in [2.75, 3.05) is 11.5 Å². The number of aromatic nitrogens is 2. The molecule has 1 heterocycles. The summed E-state index contributed by atoms with van der Waals surface area (Å²) in [5, 5.41) is 0. The summed E-state index contributed by atoms with van der Waals surface area (Å²) in [6.07, 6.45) is 0. The summed E-state index contributed by atoms with van der Waals surface area (Å²) in [5.41, 5.74) is 15.4. The van der Waals surface area contributed by atoms with Crippen LogP contribution in [0.1, 0.15) is 5.56 Å². The van der Waals surface area contributed by atoms with Gasteiger partial charge in [-0.2, -0.15) is 0 Å². The maximum absolute atomic E-state index is 12.2. The number of nitrogens with two attached hydrogens (primary N) is 2. The molecule has 1 aliphatic carbocycles. The lowest BCUT2D eigenvalue weighted by atomic mass is 10.0. The summed E-state index contributed by atoms with van der Waals surface area (Å²) in [5.74, 6) is 0. The van der Waals surface area contributed by atoms with Crippen molar-refractivity contribution >= 4 is 22.4 Å². The third-order valence-electron chi connectivity index (χ3n) is 3.54. The van der Waals surface area contributed by atoms with E-state index in [1.165, 1.54) is 0 Å². The van der Waals surface area contributed by atoms with Crippen molar-refractivity contribution in [2.45, 2.75) is 6.92 Å². The Balaban J connectivity index is 2.66. The second kappa shape index (κ2) is 3.71. The van der Waals surface area contributed by atoms with Gasteiger partial charge in [-0.15, -0.1) is 0 Å². The fraction of sp³-hybridized carbons (Fsp3) is 0.143. The zero-order valence-corrected chi connectivity index (χ0v) is 10.8. The molecule has 0 spiro atoms. The van der Waals surface area contributed by atoms with Crippen molar-refractivity contribution in [3.8, 4) is 11.4 Å². The summed E-state index contributed by atoms with van der Waals surface area (Å²) >= 11 is 0. The molecule has 4 N–H and O–H groups in total. The minimum atomic E-state index is -0.306. The van der Waals surface area contributed by atoms with Crippen LogP contribution >= 0.6 is 0 Å². The first kappa shape index (κ1) is 11.5. The molecule has 0 atom stereocenters. The predicted molar refractivity (Wildman–Crippen MR) is 77.2 cm³/mol. The predicted octanol–water partition coefficient (Wildman–Crippen LogP) is 1.51. The van der Waals surface area contributed by atoms with Gasteiger partial charge in [0, 0.05) is 12.6 Å². The Morgan fingerprint density at radius 1 is 1.16 bits per heavy atom. The number of rotatable bonds is 0. The van der Waals surface area contributed by atoms with Gasteiger partial charge in [0.15, 0.2) is 0 Å². The first-order chi connectivity index (χ1) is 9.02. The van der Waals surface area contributed by atoms with Crippen LogP contribution in [-0.4, -0.2) is 9.55 Å². The number of para-hydroxylation sites is 2. The van der Waals surface area contributed by atoms with Gasteiger partial charge < -0.3 is 16.0 Å². The lowest BCUT2D eigenvalue weighted by Gasteiger charge is -2.18. The molecular weight excluding hydrogens is 240 g/mol. The standard InChI is InChI=1S/C14H14N4O/c1-7-10(15)11(16)14(19)12-13(7)18(2)9-6-4-3-5-8(9)17-12/h3-6H,15-16H2,1-2H3. The van der Waals surface area contributed by atoms with E-state index >= 15 is 0 Å². The van der Waals surface area contributed by atoms with Crippen LogP contribution in [0.2, 0.25) is 0 Å². The topological polar surface area (TPSA) is 86.9 Å². The minimum Gasteiger partial charge on any atom is -0.397 e. The molecule has 0 fully saturated rings. The van der Waals surface area contributed by atoms with Crippen molar-refractivity contribution in [2.24, 2.45) is 7.05 Å². The number of anilines is 2. The van der Waals surface area contributed by atoms with Gasteiger partial charge >= 0.3 is 0 Å². The van der Waals surface area contributed by atoms with Gasteiger partial charge in [-0.05, 0) is 19.1 Å². The molecule has 5 heteroatoms. The summed E-state index contributed by atoms with van der Waals surface area (Å²) in [7, 11) is 1.90. The molecule has 96 valence electrons. The van der Waals surface area contributed by atoms with Crippen molar-refractivity contribution in [3.05, 3.63) is 40.1 Å². The Hall–Kier alpha value is -2.56. The zero-order chi connectivity index (χ0) is 13.7. The van der Waals surface area contributed by atoms with E-state index in [4.69, 9.17) is 11.5 Å². The number of benzene rings is 2. The smallest absolute Gasteiger partial charge is 0.231 e. The van der Waals surface area contributed by atoms with Gasteiger partial charge in [-0.3, -0.25) is 4.79 Å². The molecule has 1 aromatic rings. The van der Waals surface area contributed by atoms with E-state index in [1.807, 2.05) is 42.8 Å². The summed E-state index contributed by atoms with van der Waals surface area (Å²) in [6, 6.07) is 7.65. The lowest BCUT2D eigenvalue weighted by molar-refractivity contribution is 0.936. The number of nitrogens with zero attached hydrogens (tertiary/aromatic N) is 2. The minimum absolute atomic E-state index is 0.0766. The van der Waals surface area contributed by atoms with E-state index in [-0.39, 0.29) is 11.1 Å². The Morgan fingerprint density at radius 2 is 1.84 bits per heavy atom.